The lowest BCUT2D eigenvalue weighted by Gasteiger charge is -2.12. The van der Waals surface area contributed by atoms with Crippen molar-refractivity contribution < 1.29 is 14.3 Å². The molecule has 0 spiro atoms. The van der Waals surface area contributed by atoms with Crippen LogP contribution < -0.4 is 20.1 Å². The molecule has 0 aliphatic rings. The number of aryl methyl sites for hydroxylation is 1. The summed E-state index contributed by atoms with van der Waals surface area (Å²) >= 11 is 5.42. The molecule has 0 unspecified atom stereocenters. The predicted octanol–water partition coefficient (Wildman–Crippen LogP) is 5.44. The van der Waals surface area contributed by atoms with Crippen molar-refractivity contribution in [2.75, 3.05) is 12.4 Å². The van der Waals surface area contributed by atoms with Crippen LogP contribution in [0.15, 0.2) is 91.0 Å². The summed E-state index contributed by atoms with van der Waals surface area (Å²) in [5, 5.41) is 15.2. The van der Waals surface area contributed by atoms with Crippen molar-refractivity contribution in [1.29, 1.82) is 0 Å². The smallest absolute Gasteiger partial charge is 0.257 e. The van der Waals surface area contributed by atoms with Crippen molar-refractivity contribution in [1.82, 2.24) is 20.3 Å². The highest BCUT2D eigenvalue weighted by molar-refractivity contribution is 7.80. The van der Waals surface area contributed by atoms with Crippen LogP contribution in [-0.4, -0.2) is 33.1 Å². The largest absolute Gasteiger partial charge is 0.497 e. The van der Waals surface area contributed by atoms with Crippen molar-refractivity contribution in [3.8, 4) is 17.2 Å². The van der Waals surface area contributed by atoms with E-state index in [1.165, 1.54) is 0 Å². The second-order valence-electron chi connectivity index (χ2n) is 8.55. The number of nitrogens with zero attached hydrogens (tertiary/aromatic N) is 3. The van der Waals surface area contributed by atoms with Gasteiger partial charge in [0.05, 0.1) is 12.8 Å². The summed E-state index contributed by atoms with van der Waals surface area (Å²) < 4.78 is 11.1. The molecule has 0 fully saturated rings. The van der Waals surface area contributed by atoms with Gasteiger partial charge in [-0.25, -0.2) is 0 Å². The Morgan fingerprint density at radius 2 is 1.63 bits per heavy atom. The van der Waals surface area contributed by atoms with Crippen LogP contribution in [0.5, 0.6) is 11.5 Å². The molecule has 1 aromatic heterocycles. The van der Waals surface area contributed by atoms with Gasteiger partial charge in [0.25, 0.3) is 5.91 Å². The van der Waals surface area contributed by atoms with Gasteiger partial charge in [0.1, 0.15) is 29.1 Å². The van der Waals surface area contributed by atoms with Crippen LogP contribution in [0.25, 0.3) is 16.7 Å². The van der Waals surface area contributed by atoms with Crippen molar-refractivity contribution in [3.63, 3.8) is 0 Å². The van der Waals surface area contributed by atoms with Crippen LogP contribution in [0, 0.1) is 6.92 Å². The zero-order valence-electron chi connectivity index (χ0n) is 20.8. The van der Waals surface area contributed by atoms with Gasteiger partial charge < -0.3 is 14.8 Å². The molecule has 9 heteroatoms. The van der Waals surface area contributed by atoms with Gasteiger partial charge in [-0.3, -0.25) is 10.1 Å². The maximum atomic E-state index is 12.8. The SMILES string of the molecule is COc1ccc(-n2nc3cc(C)c(NC(=S)NC(=O)c4cccc(OCc5ccccc5)c4)cc3n2)cc1. The first-order chi connectivity index (χ1) is 18.5. The first-order valence-corrected chi connectivity index (χ1v) is 12.3. The van der Waals surface area contributed by atoms with E-state index in [1.807, 2.05) is 79.7 Å². The van der Waals surface area contributed by atoms with Crippen LogP contribution >= 0.6 is 12.2 Å². The molecule has 4 aromatic carbocycles. The number of carbonyl (C=O) groups excluding carboxylic acids is 1. The van der Waals surface area contributed by atoms with E-state index in [-0.39, 0.29) is 11.0 Å². The van der Waals surface area contributed by atoms with E-state index in [0.29, 0.717) is 23.4 Å². The number of fused-ring (bicyclic) bond motifs is 1. The maximum Gasteiger partial charge on any atom is 0.257 e. The van der Waals surface area contributed by atoms with Crippen LogP contribution in [-0.2, 0) is 6.61 Å². The Bertz CT molecular complexity index is 1600. The first-order valence-electron chi connectivity index (χ1n) is 11.9. The summed E-state index contributed by atoms with van der Waals surface area (Å²) in [4.78, 5) is 14.4. The van der Waals surface area contributed by atoms with Crippen LogP contribution in [0.2, 0.25) is 0 Å². The highest BCUT2D eigenvalue weighted by atomic mass is 32.1. The quantitative estimate of drug-likeness (QED) is 0.275. The van der Waals surface area contributed by atoms with E-state index in [2.05, 4.69) is 20.8 Å². The van der Waals surface area contributed by atoms with E-state index < -0.39 is 0 Å². The molecule has 190 valence electrons. The van der Waals surface area contributed by atoms with Gasteiger partial charge in [-0.2, -0.15) is 4.80 Å². The Labute approximate surface area is 225 Å². The molecule has 0 radical (unpaired) electrons. The van der Waals surface area contributed by atoms with Crippen molar-refractivity contribution in [3.05, 3.63) is 108 Å². The zero-order valence-corrected chi connectivity index (χ0v) is 21.7. The number of benzene rings is 4. The first kappa shape index (κ1) is 24.9. The van der Waals surface area contributed by atoms with E-state index in [4.69, 9.17) is 21.7 Å². The summed E-state index contributed by atoms with van der Waals surface area (Å²) in [6.07, 6.45) is 0. The van der Waals surface area contributed by atoms with Gasteiger partial charge in [-0.05, 0) is 84.9 Å². The number of nitrogens with one attached hydrogen (secondary N) is 2. The van der Waals surface area contributed by atoms with Gasteiger partial charge in [0, 0.05) is 11.3 Å². The third kappa shape index (κ3) is 5.79. The maximum absolute atomic E-state index is 12.8. The Kier molecular flexibility index (Phi) is 7.28. The standard InChI is InChI=1S/C29H25N5O3S/c1-19-15-26-27(33-34(32-26)22-11-13-23(36-2)14-12-22)17-25(19)30-29(38)31-28(35)21-9-6-10-24(16-21)37-18-20-7-4-3-5-8-20/h3-17H,18H2,1-2H3,(H2,30,31,35,38). The molecule has 0 bridgehead atoms. The molecule has 1 amide bonds. The molecule has 38 heavy (non-hydrogen) atoms. The third-order valence-electron chi connectivity index (χ3n) is 5.85. The fourth-order valence-electron chi connectivity index (χ4n) is 3.83. The number of hydrogen-bond acceptors (Lipinski definition) is 6. The van der Waals surface area contributed by atoms with Crippen LogP contribution in [0.3, 0.4) is 0 Å². The second-order valence-corrected chi connectivity index (χ2v) is 8.96. The Morgan fingerprint density at radius 1 is 0.895 bits per heavy atom. The second kappa shape index (κ2) is 11.1. The van der Waals surface area contributed by atoms with Gasteiger partial charge in [-0.1, -0.05) is 36.4 Å². The summed E-state index contributed by atoms with van der Waals surface area (Å²) in [6.45, 7) is 2.35. The van der Waals surface area contributed by atoms with Crippen molar-refractivity contribution in [2.45, 2.75) is 13.5 Å². The number of rotatable bonds is 7. The minimum Gasteiger partial charge on any atom is -0.497 e. The zero-order chi connectivity index (χ0) is 26.5. The average molecular weight is 524 g/mol. The Hall–Kier alpha value is -4.76. The topological polar surface area (TPSA) is 90.3 Å². The number of hydrogen-bond donors (Lipinski definition) is 2. The number of thiocarbonyl (C=S) groups is 1. The normalized spacial score (nSPS) is 10.7. The number of amides is 1. The van der Waals surface area contributed by atoms with E-state index >= 15 is 0 Å². The van der Waals surface area contributed by atoms with E-state index in [9.17, 15) is 4.79 Å². The van der Waals surface area contributed by atoms with Gasteiger partial charge in [0.15, 0.2) is 5.11 Å². The molecule has 5 aromatic rings. The fraction of sp³-hybridized carbons (Fsp3) is 0.103. The lowest BCUT2D eigenvalue weighted by molar-refractivity contribution is 0.0977. The van der Waals surface area contributed by atoms with Crippen LogP contribution in [0.4, 0.5) is 5.69 Å². The summed E-state index contributed by atoms with van der Waals surface area (Å²) in [6, 6.07) is 28.1. The Morgan fingerprint density at radius 3 is 2.37 bits per heavy atom. The monoisotopic (exact) mass is 523 g/mol. The van der Waals surface area contributed by atoms with Gasteiger partial charge in [-0.15, -0.1) is 10.2 Å². The molecule has 0 atom stereocenters. The van der Waals surface area contributed by atoms with Gasteiger partial charge in [0.2, 0.25) is 0 Å². The molecule has 1 heterocycles. The van der Waals surface area contributed by atoms with Gasteiger partial charge >= 0.3 is 0 Å². The third-order valence-corrected chi connectivity index (χ3v) is 6.05. The molecule has 8 nitrogen and oxygen atoms in total. The number of ether oxygens (including phenoxy) is 2. The number of anilines is 1. The predicted molar refractivity (Wildman–Crippen MR) is 151 cm³/mol. The van der Waals surface area contributed by atoms with E-state index in [1.54, 1.807) is 30.1 Å². The molecule has 5 rings (SSSR count). The highest BCUT2D eigenvalue weighted by Gasteiger charge is 2.13. The summed E-state index contributed by atoms with van der Waals surface area (Å²) in [7, 11) is 1.62. The molecule has 0 aliphatic carbocycles. The lowest BCUT2D eigenvalue weighted by atomic mass is 10.2. The number of aromatic nitrogens is 3. The molecule has 0 saturated carbocycles. The molecular weight excluding hydrogens is 498 g/mol. The fourth-order valence-corrected chi connectivity index (χ4v) is 4.03. The summed E-state index contributed by atoms with van der Waals surface area (Å²) in [5.74, 6) is 1.02. The highest BCUT2D eigenvalue weighted by Crippen LogP contribution is 2.23. The van der Waals surface area contributed by atoms with E-state index in [0.717, 1.165) is 33.8 Å². The average Bonchev–Trinajstić information content (AvgIpc) is 3.35. The minimum atomic E-state index is -0.336. The molecule has 0 aliphatic heterocycles. The van der Waals surface area contributed by atoms with Crippen LogP contribution in [0.1, 0.15) is 21.5 Å². The molecule has 0 saturated heterocycles. The van der Waals surface area contributed by atoms with Crippen molar-refractivity contribution in [2.24, 2.45) is 0 Å². The Balaban J connectivity index is 1.24. The number of carbonyl (C=O) groups is 1. The minimum absolute atomic E-state index is 0.176. The molecular formula is C29H25N5O3S. The number of methoxy groups -OCH3 is 1. The lowest BCUT2D eigenvalue weighted by Crippen LogP contribution is -2.34. The molecule has 2 N–H and O–H groups in total. The van der Waals surface area contributed by atoms with Crippen molar-refractivity contribution >= 4 is 40.0 Å². The summed E-state index contributed by atoms with van der Waals surface area (Å²) in [5.41, 5.74) is 5.36.